The zero-order valence-electron chi connectivity index (χ0n) is 12.3. The van der Waals surface area contributed by atoms with Gasteiger partial charge < -0.3 is 9.80 Å². The van der Waals surface area contributed by atoms with Crippen LogP contribution in [-0.4, -0.2) is 48.9 Å². The van der Waals surface area contributed by atoms with Gasteiger partial charge in [-0.3, -0.25) is 4.79 Å². The van der Waals surface area contributed by atoms with Crippen LogP contribution >= 0.6 is 0 Å². The van der Waals surface area contributed by atoms with Crippen LogP contribution in [0.4, 0.5) is 0 Å². The average Bonchev–Trinajstić information content (AvgIpc) is 2.83. The summed E-state index contributed by atoms with van der Waals surface area (Å²) >= 11 is 0. The molecule has 1 aromatic carbocycles. The van der Waals surface area contributed by atoms with E-state index in [1.807, 2.05) is 30.3 Å². The zero-order chi connectivity index (χ0) is 14.0. The molecule has 1 aromatic rings. The van der Waals surface area contributed by atoms with Gasteiger partial charge in [0, 0.05) is 25.0 Å². The summed E-state index contributed by atoms with van der Waals surface area (Å²) < 4.78 is 0. The molecule has 108 valence electrons. The molecule has 2 heterocycles. The van der Waals surface area contributed by atoms with Crippen molar-refractivity contribution < 1.29 is 4.79 Å². The highest BCUT2D eigenvalue weighted by Crippen LogP contribution is 2.38. The quantitative estimate of drug-likeness (QED) is 0.824. The molecule has 2 fully saturated rings. The summed E-state index contributed by atoms with van der Waals surface area (Å²) in [6.45, 7) is 4.27. The lowest BCUT2D eigenvalue weighted by Gasteiger charge is -2.38. The molecule has 1 atom stereocenters. The second-order valence-corrected chi connectivity index (χ2v) is 6.57. The summed E-state index contributed by atoms with van der Waals surface area (Å²) in [5.41, 5.74) is 1.50. The highest BCUT2D eigenvalue weighted by molar-refractivity contribution is 5.79. The average molecular weight is 272 g/mol. The van der Waals surface area contributed by atoms with Gasteiger partial charge in [-0.15, -0.1) is 0 Å². The van der Waals surface area contributed by atoms with E-state index in [0.29, 0.717) is 17.7 Å². The van der Waals surface area contributed by atoms with Crippen LogP contribution in [0.5, 0.6) is 0 Å². The van der Waals surface area contributed by atoms with E-state index in [-0.39, 0.29) is 0 Å². The first-order valence-electron chi connectivity index (χ1n) is 7.67. The summed E-state index contributed by atoms with van der Waals surface area (Å²) in [4.78, 5) is 16.9. The molecule has 2 aliphatic rings. The van der Waals surface area contributed by atoms with Crippen LogP contribution in [0.3, 0.4) is 0 Å². The molecule has 2 aliphatic heterocycles. The van der Waals surface area contributed by atoms with E-state index in [0.717, 1.165) is 25.2 Å². The number of nitrogens with zero attached hydrogens (tertiary/aromatic N) is 2. The maximum Gasteiger partial charge on any atom is 0.227 e. The predicted octanol–water partition coefficient (Wildman–Crippen LogP) is 2.17. The Hall–Kier alpha value is -1.35. The number of benzene rings is 1. The molecule has 0 bridgehead atoms. The fourth-order valence-corrected chi connectivity index (χ4v) is 3.82. The van der Waals surface area contributed by atoms with Gasteiger partial charge in [0.05, 0.1) is 6.42 Å². The molecule has 0 aromatic heterocycles. The van der Waals surface area contributed by atoms with Gasteiger partial charge in [0.15, 0.2) is 0 Å². The van der Waals surface area contributed by atoms with Gasteiger partial charge in [-0.05, 0) is 38.4 Å². The Bertz CT molecular complexity index is 473. The highest BCUT2D eigenvalue weighted by Gasteiger charge is 2.41. The summed E-state index contributed by atoms with van der Waals surface area (Å²) in [5, 5.41) is 0. The second kappa shape index (κ2) is 5.57. The molecule has 0 unspecified atom stereocenters. The minimum Gasteiger partial charge on any atom is -0.342 e. The number of amides is 1. The molecule has 3 rings (SSSR count). The van der Waals surface area contributed by atoms with E-state index in [1.165, 1.54) is 25.8 Å². The fraction of sp³-hybridized carbons (Fsp3) is 0.588. The monoisotopic (exact) mass is 272 g/mol. The lowest BCUT2D eigenvalue weighted by molar-refractivity contribution is -0.130. The Morgan fingerprint density at radius 2 is 1.95 bits per heavy atom. The molecular weight excluding hydrogens is 248 g/mol. The molecule has 1 amide bonds. The summed E-state index contributed by atoms with van der Waals surface area (Å²) in [5.74, 6) is 0.293. The van der Waals surface area contributed by atoms with E-state index in [4.69, 9.17) is 0 Å². The van der Waals surface area contributed by atoms with E-state index in [2.05, 4.69) is 16.8 Å². The van der Waals surface area contributed by atoms with Crippen molar-refractivity contribution in [3.05, 3.63) is 35.9 Å². The lowest BCUT2D eigenvalue weighted by Crippen LogP contribution is -2.43. The fourth-order valence-electron chi connectivity index (χ4n) is 3.82. The Morgan fingerprint density at radius 1 is 1.15 bits per heavy atom. The second-order valence-electron chi connectivity index (χ2n) is 6.57. The zero-order valence-corrected chi connectivity index (χ0v) is 12.3. The first-order chi connectivity index (χ1) is 9.67. The summed E-state index contributed by atoms with van der Waals surface area (Å²) in [6, 6.07) is 10.1. The predicted molar refractivity (Wildman–Crippen MR) is 80.5 cm³/mol. The molecule has 0 aliphatic carbocycles. The van der Waals surface area contributed by atoms with Gasteiger partial charge >= 0.3 is 0 Å². The van der Waals surface area contributed by atoms with Crippen molar-refractivity contribution in [3.63, 3.8) is 0 Å². The molecule has 0 N–H and O–H groups in total. The minimum atomic E-state index is 0.293. The normalized spacial score (nSPS) is 27.1. The first kappa shape index (κ1) is 13.6. The van der Waals surface area contributed by atoms with Gasteiger partial charge in [0.1, 0.15) is 0 Å². The first-order valence-corrected chi connectivity index (χ1v) is 7.67. The SMILES string of the molecule is CN1CCC[C@]2(CCN(C(=O)Cc3ccccc3)C2)C1. The van der Waals surface area contributed by atoms with Crippen LogP contribution in [0.1, 0.15) is 24.8 Å². The maximum absolute atomic E-state index is 12.4. The largest absolute Gasteiger partial charge is 0.342 e. The van der Waals surface area contributed by atoms with Crippen LogP contribution in [0, 0.1) is 5.41 Å². The topological polar surface area (TPSA) is 23.6 Å². The molecule has 0 radical (unpaired) electrons. The molecule has 0 saturated carbocycles. The molecule has 2 saturated heterocycles. The van der Waals surface area contributed by atoms with Gasteiger partial charge in [0.25, 0.3) is 0 Å². The Morgan fingerprint density at radius 3 is 2.70 bits per heavy atom. The van der Waals surface area contributed by atoms with Crippen molar-refractivity contribution in [2.24, 2.45) is 5.41 Å². The third-order valence-corrected chi connectivity index (χ3v) is 4.84. The lowest BCUT2D eigenvalue weighted by atomic mass is 9.79. The summed E-state index contributed by atoms with van der Waals surface area (Å²) in [6.07, 6.45) is 4.29. The maximum atomic E-state index is 12.4. The number of rotatable bonds is 2. The third kappa shape index (κ3) is 2.88. The Balaban J connectivity index is 1.61. The standard InChI is InChI=1S/C17H24N2O/c1-18-10-5-8-17(13-18)9-11-19(14-17)16(20)12-15-6-3-2-4-7-15/h2-4,6-7H,5,8-14H2,1H3/t17-/m0/s1. The highest BCUT2D eigenvalue weighted by atomic mass is 16.2. The smallest absolute Gasteiger partial charge is 0.227 e. The molecule has 1 spiro atoms. The molecule has 3 heteroatoms. The third-order valence-electron chi connectivity index (χ3n) is 4.84. The van der Waals surface area contributed by atoms with Crippen LogP contribution in [-0.2, 0) is 11.2 Å². The van der Waals surface area contributed by atoms with Crippen molar-refractivity contribution in [2.45, 2.75) is 25.7 Å². The van der Waals surface area contributed by atoms with E-state index >= 15 is 0 Å². The molecule has 3 nitrogen and oxygen atoms in total. The van der Waals surface area contributed by atoms with Crippen molar-refractivity contribution >= 4 is 5.91 Å². The number of carbonyl (C=O) groups is 1. The number of likely N-dealkylation sites (tertiary alicyclic amines) is 2. The van der Waals surface area contributed by atoms with Crippen molar-refractivity contribution in [3.8, 4) is 0 Å². The van der Waals surface area contributed by atoms with Gasteiger partial charge in [-0.2, -0.15) is 0 Å². The van der Waals surface area contributed by atoms with Crippen LogP contribution in [0.2, 0.25) is 0 Å². The number of hydrogen-bond acceptors (Lipinski definition) is 2. The van der Waals surface area contributed by atoms with E-state index < -0.39 is 0 Å². The molecular formula is C17H24N2O. The van der Waals surface area contributed by atoms with Crippen molar-refractivity contribution in [1.82, 2.24) is 9.80 Å². The summed E-state index contributed by atoms with van der Waals surface area (Å²) in [7, 11) is 2.20. The van der Waals surface area contributed by atoms with E-state index in [1.54, 1.807) is 0 Å². The van der Waals surface area contributed by atoms with Crippen LogP contribution in [0.25, 0.3) is 0 Å². The van der Waals surface area contributed by atoms with E-state index in [9.17, 15) is 4.79 Å². The van der Waals surface area contributed by atoms with Crippen LogP contribution < -0.4 is 0 Å². The number of hydrogen-bond donors (Lipinski definition) is 0. The minimum absolute atomic E-state index is 0.293. The molecule has 20 heavy (non-hydrogen) atoms. The van der Waals surface area contributed by atoms with Crippen molar-refractivity contribution in [1.29, 1.82) is 0 Å². The van der Waals surface area contributed by atoms with Crippen LogP contribution in [0.15, 0.2) is 30.3 Å². The number of carbonyl (C=O) groups excluding carboxylic acids is 1. The van der Waals surface area contributed by atoms with Gasteiger partial charge in [-0.25, -0.2) is 0 Å². The Kier molecular flexibility index (Phi) is 3.79. The Labute approximate surface area is 121 Å². The number of piperidine rings is 1. The van der Waals surface area contributed by atoms with Gasteiger partial charge in [0.2, 0.25) is 5.91 Å². The van der Waals surface area contributed by atoms with Gasteiger partial charge in [-0.1, -0.05) is 30.3 Å². The van der Waals surface area contributed by atoms with Crippen molar-refractivity contribution in [2.75, 3.05) is 33.2 Å².